The Morgan fingerprint density at radius 1 is 1.28 bits per heavy atom. The minimum atomic E-state index is -4.08. The van der Waals surface area contributed by atoms with Crippen molar-refractivity contribution in [3.8, 4) is 0 Å². The van der Waals surface area contributed by atoms with Crippen LogP contribution in [0.5, 0.6) is 0 Å². The van der Waals surface area contributed by atoms with Gasteiger partial charge in [0.15, 0.2) is 5.13 Å². The average Bonchev–Trinajstić information content (AvgIpc) is 2.53. The highest BCUT2D eigenvalue weighted by Crippen LogP contribution is 2.40. The van der Waals surface area contributed by atoms with Crippen LogP contribution in [0.1, 0.15) is 37.8 Å². The summed E-state index contributed by atoms with van der Waals surface area (Å²) in [7, 11) is 0. The molecule has 2 nitrogen and oxygen atoms in total. The minimum absolute atomic E-state index is 0.0856. The first kappa shape index (κ1) is 13.6. The van der Waals surface area contributed by atoms with Gasteiger partial charge in [0.2, 0.25) is 0 Å². The van der Waals surface area contributed by atoms with Gasteiger partial charge in [-0.2, -0.15) is 13.2 Å². The van der Waals surface area contributed by atoms with Crippen molar-refractivity contribution < 1.29 is 13.2 Å². The van der Waals surface area contributed by atoms with Crippen molar-refractivity contribution in [2.75, 3.05) is 5.32 Å². The molecule has 18 heavy (non-hydrogen) atoms. The number of halogens is 3. The van der Waals surface area contributed by atoms with E-state index in [0.717, 1.165) is 15.7 Å². The molecule has 1 aliphatic rings. The van der Waals surface area contributed by atoms with Gasteiger partial charge in [0, 0.05) is 10.4 Å². The van der Waals surface area contributed by atoms with Gasteiger partial charge in [0.25, 0.3) is 0 Å². The average molecular weight is 278 g/mol. The first-order chi connectivity index (χ1) is 8.15. The summed E-state index contributed by atoms with van der Waals surface area (Å²) in [5.41, 5.74) is 0.719. The summed E-state index contributed by atoms with van der Waals surface area (Å²) in [6.07, 6.45) is -3.40. The van der Waals surface area contributed by atoms with Gasteiger partial charge in [-0.3, -0.25) is 0 Å². The molecule has 0 bridgehead atoms. The molecule has 0 saturated carbocycles. The van der Waals surface area contributed by atoms with Crippen LogP contribution in [-0.2, 0) is 12.8 Å². The van der Waals surface area contributed by atoms with Gasteiger partial charge in [-0.05, 0) is 40.0 Å². The first-order valence-corrected chi connectivity index (χ1v) is 6.80. The van der Waals surface area contributed by atoms with E-state index in [-0.39, 0.29) is 18.4 Å². The molecule has 0 spiro atoms. The smallest absolute Gasteiger partial charge is 0.357 e. The van der Waals surface area contributed by atoms with E-state index in [4.69, 9.17) is 0 Å². The Morgan fingerprint density at radius 3 is 2.50 bits per heavy atom. The van der Waals surface area contributed by atoms with Crippen LogP contribution in [0.25, 0.3) is 0 Å². The zero-order valence-electron chi connectivity index (χ0n) is 10.7. The number of alkyl halides is 3. The zero-order chi connectivity index (χ0) is 13.6. The van der Waals surface area contributed by atoms with Gasteiger partial charge >= 0.3 is 6.18 Å². The first-order valence-electron chi connectivity index (χ1n) is 5.98. The lowest BCUT2D eigenvalue weighted by molar-refractivity contribution is -0.176. The number of aryl methyl sites for hydroxylation is 1. The second kappa shape index (κ2) is 4.40. The van der Waals surface area contributed by atoms with E-state index >= 15 is 0 Å². The van der Waals surface area contributed by atoms with Gasteiger partial charge in [0.1, 0.15) is 0 Å². The topological polar surface area (TPSA) is 24.9 Å². The summed E-state index contributed by atoms with van der Waals surface area (Å²) in [5, 5.41) is 3.95. The second-order valence-corrected chi connectivity index (χ2v) is 6.83. The number of rotatable bonds is 1. The van der Waals surface area contributed by atoms with E-state index in [9.17, 15) is 13.2 Å². The minimum Gasteiger partial charge on any atom is -0.357 e. The molecule has 1 aromatic rings. The van der Waals surface area contributed by atoms with Crippen molar-refractivity contribution in [3.05, 3.63) is 10.6 Å². The fourth-order valence-corrected chi connectivity index (χ4v) is 3.33. The Labute approximate surface area is 109 Å². The Hall–Kier alpha value is -0.780. The Kier molecular flexibility index (Phi) is 3.34. The van der Waals surface area contributed by atoms with Crippen LogP contribution in [0.2, 0.25) is 0 Å². The van der Waals surface area contributed by atoms with Gasteiger partial charge < -0.3 is 5.32 Å². The van der Waals surface area contributed by atoms with Crippen LogP contribution < -0.4 is 5.32 Å². The molecule has 1 N–H and O–H groups in total. The van der Waals surface area contributed by atoms with Crippen LogP contribution in [0, 0.1) is 5.92 Å². The lowest BCUT2D eigenvalue weighted by atomic mass is 9.91. The van der Waals surface area contributed by atoms with Gasteiger partial charge in [-0.25, -0.2) is 4.98 Å². The lowest BCUT2D eigenvalue weighted by Gasteiger charge is -2.23. The number of nitrogens with one attached hydrogen (secondary N) is 1. The molecule has 1 unspecified atom stereocenters. The second-order valence-electron chi connectivity index (χ2n) is 5.75. The third-order valence-corrected chi connectivity index (χ3v) is 3.92. The van der Waals surface area contributed by atoms with E-state index in [1.807, 2.05) is 20.8 Å². The maximum Gasteiger partial charge on any atom is 0.392 e. The van der Waals surface area contributed by atoms with Crippen LogP contribution in [-0.4, -0.2) is 16.7 Å². The van der Waals surface area contributed by atoms with Crippen molar-refractivity contribution in [2.45, 2.75) is 51.7 Å². The SMILES string of the molecule is CC(C)(C)Nc1nc2c(s1)CC(C(F)(F)F)CC2. The Morgan fingerprint density at radius 2 is 1.94 bits per heavy atom. The molecule has 1 aliphatic carbocycles. The largest absolute Gasteiger partial charge is 0.392 e. The fraction of sp³-hybridized carbons (Fsp3) is 0.750. The number of thiazole rings is 1. The monoisotopic (exact) mass is 278 g/mol. The molecule has 0 saturated heterocycles. The molecule has 1 atom stereocenters. The summed E-state index contributed by atoms with van der Waals surface area (Å²) in [6, 6.07) is 0. The molecule has 0 radical (unpaired) electrons. The van der Waals surface area contributed by atoms with Gasteiger partial charge in [-0.1, -0.05) is 0 Å². The van der Waals surface area contributed by atoms with E-state index < -0.39 is 12.1 Å². The molecule has 0 fully saturated rings. The molecular weight excluding hydrogens is 261 g/mol. The predicted molar refractivity (Wildman–Crippen MR) is 67.1 cm³/mol. The molecule has 6 heteroatoms. The molecular formula is C12H17F3N2S. The van der Waals surface area contributed by atoms with Crippen LogP contribution in [0.4, 0.5) is 18.3 Å². The van der Waals surface area contributed by atoms with Gasteiger partial charge in [-0.15, -0.1) is 11.3 Å². The Bertz CT molecular complexity index is 432. The third kappa shape index (κ3) is 3.16. The van der Waals surface area contributed by atoms with E-state index in [1.165, 1.54) is 11.3 Å². The third-order valence-electron chi connectivity index (χ3n) is 2.88. The highest BCUT2D eigenvalue weighted by atomic mass is 32.1. The van der Waals surface area contributed by atoms with Crippen LogP contribution in [0.3, 0.4) is 0 Å². The molecule has 2 rings (SSSR count). The molecule has 0 aliphatic heterocycles. The Balaban J connectivity index is 2.14. The summed E-state index contributed by atoms with van der Waals surface area (Å²) in [4.78, 5) is 5.18. The summed E-state index contributed by atoms with van der Waals surface area (Å²) < 4.78 is 38.0. The lowest BCUT2D eigenvalue weighted by Crippen LogP contribution is -2.28. The van der Waals surface area contributed by atoms with E-state index in [0.29, 0.717) is 6.42 Å². The predicted octanol–water partition coefficient (Wildman–Crippen LogP) is 4.02. The molecule has 0 aromatic carbocycles. The van der Waals surface area contributed by atoms with Crippen LogP contribution >= 0.6 is 11.3 Å². The maximum absolute atomic E-state index is 12.7. The highest BCUT2D eigenvalue weighted by molar-refractivity contribution is 7.15. The van der Waals surface area contributed by atoms with E-state index in [1.54, 1.807) is 0 Å². The number of hydrogen-bond acceptors (Lipinski definition) is 3. The summed E-state index contributed by atoms with van der Waals surface area (Å²) in [5.74, 6) is -1.20. The molecule has 1 heterocycles. The van der Waals surface area contributed by atoms with Gasteiger partial charge in [0.05, 0.1) is 11.6 Å². The van der Waals surface area contributed by atoms with Crippen molar-refractivity contribution in [2.24, 2.45) is 5.92 Å². The summed E-state index contributed by atoms with van der Waals surface area (Å²) in [6.45, 7) is 6.02. The van der Waals surface area contributed by atoms with Crippen molar-refractivity contribution >= 4 is 16.5 Å². The number of nitrogens with zero attached hydrogens (tertiary/aromatic N) is 1. The van der Waals surface area contributed by atoms with Crippen molar-refractivity contribution in [1.29, 1.82) is 0 Å². The summed E-state index contributed by atoms with van der Waals surface area (Å²) >= 11 is 1.36. The van der Waals surface area contributed by atoms with E-state index in [2.05, 4.69) is 10.3 Å². The molecule has 1 aromatic heterocycles. The fourth-order valence-electron chi connectivity index (χ4n) is 2.03. The molecule has 0 amide bonds. The standard InChI is InChI=1S/C12H17F3N2S/c1-11(2,3)17-10-16-8-5-4-7(12(13,14)15)6-9(8)18-10/h7H,4-6H2,1-3H3,(H,16,17). The zero-order valence-corrected chi connectivity index (χ0v) is 11.5. The quantitative estimate of drug-likeness (QED) is 0.839. The normalized spacial score (nSPS) is 20.7. The maximum atomic E-state index is 12.7. The number of aromatic nitrogens is 1. The molecule has 102 valence electrons. The number of anilines is 1. The highest BCUT2D eigenvalue weighted by Gasteiger charge is 2.42. The number of fused-ring (bicyclic) bond motifs is 1. The number of hydrogen-bond donors (Lipinski definition) is 1. The van der Waals surface area contributed by atoms with Crippen LogP contribution in [0.15, 0.2) is 0 Å². The van der Waals surface area contributed by atoms with Crippen molar-refractivity contribution in [1.82, 2.24) is 4.98 Å². The van der Waals surface area contributed by atoms with Crippen molar-refractivity contribution in [3.63, 3.8) is 0 Å².